The maximum Gasteiger partial charge on any atom is 0.210 e. The predicted molar refractivity (Wildman–Crippen MR) is 90.8 cm³/mol. The maximum atomic E-state index is 12.9. The highest BCUT2D eigenvalue weighted by Gasteiger charge is 2.27. The summed E-state index contributed by atoms with van der Waals surface area (Å²) >= 11 is 0. The highest BCUT2D eigenvalue weighted by atomic mass is 16.1. The van der Waals surface area contributed by atoms with Crippen LogP contribution in [-0.4, -0.2) is 11.6 Å². The molecule has 0 spiro atoms. The number of anilines is 1. The lowest BCUT2D eigenvalue weighted by molar-refractivity contribution is 0.0987. The van der Waals surface area contributed by atoms with Crippen LogP contribution in [0.4, 0.5) is 5.69 Å². The third-order valence-electron chi connectivity index (χ3n) is 3.99. The standard InChI is InChI=1S/C20H13NO2/c22-18-12-17(21-14-7-2-1-3-8-14)20(23)19-15-9-5-4-6-13(15)10-11-16(18)19/h1-12,21H. The summed E-state index contributed by atoms with van der Waals surface area (Å²) in [7, 11) is 0. The zero-order chi connectivity index (χ0) is 15.8. The van der Waals surface area contributed by atoms with Crippen molar-refractivity contribution in [3.8, 4) is 0 Å². The fraction of sp³-hybridized carbons (Fsp3) is 0. The van der Waals surface area contributed by atoms with Crippen LogP contribution in [0.2, 0.25) is 0 Å². The van der Waals surface area contributed by atoms with E-state index in [2.05, 4.69) is 5.32 Å². The molecule has 0 atom stereocenters. The van der Waals surface area contributed by atoms with Crippen molar-refractivity contribution < 1.29 is 9.59 Å². The lowest BCUT2D eigenvalue weighted by atomic mass is 9.88. The molecular formula is C20H13NO2. The second-order valence-electron chi connectivity index (χ2n) is 5.45. The van der Waals surface area contributed by atoms with E-state index >= 15 is 0 Å². The average molecular weight is 299 g/mol. The van der Waals surface area contributed by atoms with Crippen LogP contribution < -0.4 is 5.32 Å². The SMILES string of the molecule is O=C1C=C(Nc2ccccc2)C(=O)c2c1ccc1ccccc21. The van der Waals surface area contributed by atoms with Gasteiger partial charge >= 0.3 is 0 Å². The van der Waals surface area contributed by atoms with Gasteiger partial charge in [0.2, 0.25) is 5.78 Å². The number of rotatable bonds is 2. The molecule has 0 saturated carbocycles. The molecule has 4 rings (SSSR count). The van der Waals surface area contributed by atoms with E-state index in [9.17, 15) is 9.59 Å². The van der Waals surface area contributed by atoms with E-state index in [0.717, 1.165) is 16.5 Å². The summed E-state index contributed by atoms with van der Waals surface area (Å²) in [6.07, 6.45) is 1.38. The van der Waals surface area contributed by atoms with E-state index in [1.54, 1.807) is 6.07 Å². The highest BCUT2D eigenvalue weighted by molar-refractivity contribution is 6.29. The smallest absolute Gasteiger partial charge is 0.210 e. The summed E-state index contributed by atoms with van der Waals surface area (Å²) in [5, 5.41) is 4.82. The minimum atomic E-state index is -0.153. The molecule has 3 nitrogen and oxygen atoms in total. The Bertz CT molecular complexity index is 971. The third kappa shape index (κ3) is 2.23. The molecule has 110 valence electrons. The number of hydrogen-bond donors (Lipinski definition) is 1. The molecule has 0 fully saturated rings. The number of allylic oxidation sites excluding steroid dienone is 2. The molecule has 3 aromatic rings. The first-order valence-electron chi connectivity index (χ1n) is 7.38. The van der Waals surface area contributed by atoms with Crippen LogP contribution in [0, 0.1) is 0 Å². The number of para-hydroxylation sites is 1. The van der Waals surface area contributed by atoms with Crippen LogP contribution >= 0.6 is 0 Å². The molecule has 23 heavy (non-hydrogen) atoms. The first-order chi connectivity index (χ1) is 11.2. The Kier molecular flexibility index (Phi) is 3.05. The molecule has 3 aromatic carbocycles. The summed E-state index contributed by atoms with van der Waals surface area (Å²) in [4.78, 5) is 25.3. The Morgan fingerprint density at radius 3 is 2.30 bits per heavy atom. The maximum absolute atomic E-state index is 12.9. The van der Waals surface area contributed by atoms with Crippen molar-refractivity contribution >= 4 is 28.0 Å². The second kappa shape index (κ2) is 5.21. The fourth-order valence-corrected chi connectivity index (χ4v) is 2.90. The van der Waals surface area contributed by atoms with Gasteiger partial charge in [0, 0.05) is 22.9 Å². The van der Waals surface area contributed by atoms with E-state index in [4.69, 9.17) is 0 Å². The van der Waals surface area contributed by atoms with Gasteiger partial charge in [-0.15, -0.1) is 0 Å². The van der Waals surface area contributed by atoms with Gasteiger partial charge in [-0.2, -0.15) is 0 Å². The molecule has 1 aliphatic carbocycles. The molecule has 0 aliphatic heterocycles. The Balaban J connectivity index is 1.84. The molecule has 0 bridgehead atoms. The Hall–Kier alpha value is -3.20. The molecule has 1 N–H and O–H groups in total. The molecule has 0 amide bonds. The van der Waals surface area contributed by atoms with Crippen molar-refractivity contribution in [1.82, 2.24) is 0 Å². The lowest BCUT2D eigenvalue weighted by Gasteiger charge is -2.18. The fourth-order valence-electron chi connectivity index (χ4n) is 2.90. The first kappa shape index (κ1) is 13.5. The summed E-state index contributed by atoms with van der Waals surface area (Å²) in [5.41, 5.74) is 2.04. The number of ketones is 2. The van der Waals surface area contributed by atoms with Crippen LogP contribution in [-0.2, 0) is 0 Å². The van der Waals surface area contributed by atoms with E-state index in [-0.39, 0.29) is 11.6 Å². The Labute approximate surface area is 133 Å². The molecule has 0 saturated heterocycles. The quantitative estimate of drug-likeness (QED) is 0.771. The Morgan fingerprint density at radius 1 is 0.739 bits per heavy atom. The summed E-state index contributed by atoms with van der Waals surface area (Å²) in [5.74, 6) is -0.302. The number of nitrogens with one attached hydrogen (secondary N) is 1. The predicted octanol–water partition coefficient (Wildman–Crippen LogP) is 4.21. The number of hydrogen-bond acceptors (Lipinski definition) is 3. The summed E-state index contributed by atoms with van der Waals surface area (Å²) in [6, 6.07) is 20.6. The molecular weight excluding hydrogens is 286 g/mol. The first-order valence-corrected chi connectivity index (χ1v) is 7.38. The monoisotopic (exact) mass is 299 g/mol. The molecule has 0 aromatic heterocycles. The van der Waals surface area contributed by atoms with Gasteiger partial charge in [-0.25, -0.2) is 0 Å². The van der Waals surface area contributed by atoms with Crippen molar-refractivity contribution in [3.05, 3.63) is 89.6 Å². The highest BCUT2D eigenvalue weighted by Crippen LogP contribution is 2.29. The van der Waals surface area contributed by atoms with Gasteiger partial charge < -0.3 is 5.32 Å². The van der Waals surface area contributed by atoms with E-state index in [0.29, 0.717) is 16.8 Å². The average Bonchev–Trinajstić information content (AvgIpc) is 2.59. The van der Waals surface area contributed by atoms with Crippen LogP contribution in [0.5, 0.6) is 0 Å². The van der Waals surface area contributed by atoms with Gasteiger partial charge in [-0.05, 0) is 29.0 Å². The van der Waals surface area contributed by atoms with Crippen molar-refractivity contribution in [2.45, 2.75) is 0 Å². The topological polar surface area (TPSA) is 46.2 Å². The van der Waals surface area contributed by atoms with Gasteiger partial charge in [-0.1, -0.05) is 48.5 Å². The molecule has 3 heteroatoms. The van der Waals surface area contributed by atoms with Gasteiger partial charge in [0.15, 0.2) is 5.78 Å². The minimum Gasteiger partial charge on any atom is -0.352 e. The lowest BCUT2D eigenvalue weighted by Crippen LogP contribution is -2.21. The van der Waals surface area contributed by atoms with Crippen molar-refractivity contribution in [2.24, 2.45) is 0 Å². The normalized spacial score (nSPS) is 13.7. The van der Waals surface area contributed by atoms with Gasteiger partial charge in [0.05, 0.1) is 5.70 Å². The summed E-state index contributed by atoms with van der Waals surface area (Å²) < 4.78 is 0. The number of carbonyl (C=O) groups is 2. The second-order valence-corrected chi connectivity index (χ2v) is 5.45. The number of fused-ring (bicyclic) bond motifs is 3. The van der Waals surface area contributed by atoms with E-state index in [1.165, 1.54) is 6.08 Å². The van der Waals surface area contributed by atoms with Gasteiger partial charge in [-0.3, -0.25) is 9.59 Å². The van der Waals surface area contributed by atoms with Crippen LogP contribution in [0.3, 0.4) is 0 Å². The largest absolute Gasteiger partial charge is 0.352 e. The van der Waals surface area contributed by atoms with Crippen molar-refractivity contribution in [1.29, 1.82) is 0 Å². The number of benzene rings is 3. The number of carbonyl (C=O) groups excluding carboxylic acids is 2. The van der Waals surface area contributed by atoms with Crippen molar-refractivity contribution in [2.75, 3.05) is 5.32 Å². The molecule has 0 unspecified atom stereocenters. The summed E-state index contributed by atoms with van der Waals surface area (Å²) in [6.45, 7) is 0. The Morgan fingerprint density at radius 2 is 1.48 bits per heavy atom. The van der Waals surface area contributed by atoms with E-state index < -0.39 is 0 Å². The third-order valence-corrected chi connectivity index (χ3v) is 3.99. The van der Waals surface area contributed by atoms with Crippen molar-refractivity contribution in [3.63, 3.8) is 0 Å². The van der Waals surface area contributed by atoms with Gasteiger partial charge in [0.1, 0.15) is 0 Å². The van der Waals surface area contributed by atoms with Gasteiger partial charge in [0.25, 0.3) is 0 Å². The minimum absolute atomic E-state index is 0.149. The van der Waals surface area contributed by atoms with Crippen LogP contribution in [0.1, 0.15) is 20.7 Å². The van der Waals surface area contributed by atoms with Crippen LogP contribution in [0.25, 0.3) is 10.8 Å². The number of Topliss-reactive ketones (excluding diaryl/α,β-unsaturated/α-hetero) is 1. The zero-order valence-electron chi connectivity index (χ0n) is 12.2. The molecule has 0 heterocycles. The van der Waals surface area contributed by atoms with E-state index in [1.807, 2.05) is 60.7 Å². The van der Waals surface area contributed by atoms with Crippen LogP contribution in [0.15, 0.2) is 78.5 Å². The molecule has 0 radical (unpaired) electrons. The zero-order valence-corrected chi connectivity index (χ0v) is 12.2. The molecule has 1 aliphatic rings.